The summed E-state index contributed by atoms with van der Waals surface area (Å²) in [5.41, 5.74) is -0.195. The molecule has 0 aliphatic carbocycles. The van der Waals surface area contributed by atoms with Crippen molar-refractivity contribution in [2.24, 2.45) is 0 Å². The molecule has 1 amide bonds. The monoisotopic (exact) mass is 341 g/mol. The Morgan fingerprint density at radius 3 is 2.54 bits per heavy atom. The number of anilines is 1. The molecule has 1 heterocycles. The summed E-state index contributed by atoms with van der Waals surface area (Å²) >= 11 is 0. The van der Waals surface area contributed by atoms with Crippen LogP contribution in [-0.4, -0.2) is 12.3 Å². The first kappa shape index (κ1) is 16.0. The first-order valence-corrected chi connectivity index (χ1v) is 6.62. The topological polar surface area (TPSA) is 38.3 Å². The Labute approximate surface area is 132 Å². The number of rotatable bonds is 2. The third kappa shape index (κ3) is 3.08. The molecule has 2 aromatic carbocycles. The van der Waals surface area contributed by atoms with Crippen LogP contribution in [0.3, 0.4) is 0 Å². The van der Waals surface area contributed by atoms with E-state index in [4.69, 9.17) is 0 Å². The number of ether oxygens (including phenoxy) is 1. The Hall–Kier alpha value is -2.90. The quantitative estimate of drug-likeness (QED) is 0.651. The molecular formula is C16H8F5NO2. The summed E-state index contributed by atoms with van der Waals surface area (Å²) in [7, 11) is 0. The van der Waals surface area contributed by atoms with E-state index in [1.807, 2.05) is 0 Å². The number of hydrogen-bond acceptors (Lipinski definition) is 2. The average Bonchev–Trinajstić information content (AvgIpc) is 2.79. The van der Waals surface area contributed by atoms with Crippen LogP contribution in [0.25, 0.3) is 11.6 Å². The van der Waals surface area contributed by atoms with E-state index in [9.17, 15) is 26.7 Å². The molecule has 1 N–H and O–H groups in total. The Morgan fingerprint density at radius 1 is 1.08 bits per heavy atom. The molecule has 3 rings (SSSR count). The maximum Gasteiger partial charge on any atom is 0.573 e. The normalized spacial score (nSPS) is 15.4. The Balaban J connectivity index is 2.03. The van der Waals surface area contributed by atoms with Gasteiger partial charge < -0.3 is 10.1 Å². The van der Waals surface area contributed by atoms with Crippen LogP contribution in [0, 0.1) is 11.6 Å². The van der Waals surface area contributed by atoms with E-state index in [1.165, 1.54) is 18.2 Å². The summed E-state index contributed by atoms with van der Waals surface area (Å²) in [5.74, 6) is -3.52. The number of carbonyl (C=O) groups excluding carboxylic acids is 1. The van der Waals surface area contributed by atoms with Crippen LogP contribution < -0.4 is 10.1 Å². The van der Waals surface area contributed by atoms with Crippen molar-refractivity contribution in [3.63, 3.8) is 0 Å². The van der Waals surface area contributed by atoms with Gasteiger partial charge in [0.05, 0.1) is 11.3 Å². The van der Waals surface area contributed by atoms with E-state index in [1.54, 1.807) is 0 Å². The minimum absolute atomic E-state index is 0.0906. The summed E-state index contributed by atoms with van der Waals surface area (Å²) in [5, 5.41) is 2.36. The van der Waals surface area contributed by atoms with E-state index in [2.05, 4.69) is 10.1 Å². The lowest BCUT2D eigenvalue weighted by Crippen LogP contribution is -2.17. The summed E-state index contributed by atoms with van der Waals surface area (Å²) < 4.78 is 67.8. The second-order valence-electron chi connectivity index (χ2n) is 4.92. The van der Waals surface area contributed by atoms with Gasteiger partial charge in [-0.15, -0.1) is 13.2 Å². The van der Waals surface area contributed by atoms with Gasteiger partial charge in [-0.2, -0.15) is 0 Å². The molecular weight excluding hydrogens is 333 g/mol. The average molecular weight is 341 g/mol. The molecule has 0 radical (unpaired) electrons. The van der Waals surface area contributed by atoms with E-state index in [0.29, 0.717) is 0 Å². The van der Waals surface area contributed by atoms with Crippen molar-refractivity contribution in [3.05, 3.63) is 59.2 Å². The fourth-order valence-corrected chi connectivity index (χ4v) is 2.33. The zero-order chi connectivity index (χ0) is 17.5. The number of hydrogen-bond donors (Lipinski definition) is 1. The molecule has 124 valence electrons. The fourth-order valence-electron chi connectivity index (χ4n) is 2.33. The van der Waals surface area contributed by atoms with Gasteiger partial charge >= 0.3 is 6.36 Å². The molecule has 3 nitrogen and oxygen atoms in total. The molecule has 0 atom stereocenters. The van der Waals surface area contributed by atoms with Crippen molar-refractivity contribution in [3.8, 4) is 5.75 Å². The van der Waals surface area contributed by atoms with E-state index < -0.39 is 29.7 Å². The molecule has 8 heteroatoms. The second-order valence-corrected chi connectivity index (χ2v) is 4.92. The third-order valence-corrected chi connectivity index (χ3v) is 3.26. The predicted molar refractivity (Wildman–Crippen MR) is 76.0 cm³/mol. The van der Waals surface area contributed by atoms with Gasteiger partial charge in [0.1, 0.15) is 5.75 Å². The Kier molecular flexibility index (Phi) is 3.75. The van der Waals surface area contributed by atoms with Crippen LogP contribution in [-0.2, 0) is 4.79 Å². The molecule has 0 bridgehead atoms. The molecule has 0 saturated heterocycles. The molecule has 1 aliphatic heterocycles. The van der Waals surface area contributed by atoms with Gasteiger partial charge in [0.15, 0.2) is 11.6 Å². The number of carbonyl (C=O) groups is 1. The van der Waals surface area contributed by atoms with Crippen LogP contribution in [0.2, 0.25) is 0 Å². The maximum absolute atomic E-state index is 13.9. The highest BCUT2D eigenvalue weighted by Gasteiger charge is 2.31. The summed E-state index contributed by atoms with van der Waals surface area (Å²) in [6.07, 6.45) is -3.70. The fraction of sp³-hybridized carbons (Fsp3) is 0.0625. The SMILES string of the molecule is O=C1Nc2ccc(F)c(F)c2C1=Cc1cccc(OC(F)(F)F)c1. The van der Waals surface area contributed by atoms with Crippen LogP contribution >= 0.6 is 0 Å². The second kappa shape index (κ2) is 5.63. The van der Waals surface area contributed by atoms with Crippen molar-refractivity contribution < 1.29 is 31.5 Å². The molecule has 0 spiro atoms. The van der Waals surface area contributed by atoms with Gasteiger partial charge in [-0.05, 0) is 35.9 Å². The van der Waals surface area contributed by atoms with Gasteiger partial charge in [0, 0.05) is 5.56 Å². The number of fused-ring (bicyclic) bond motifs is 1. The molecule has 0 unspecified atom stereocenters. The van der Waals surface area contributed by atoms with Crippen molar-refractivity contribution in [1.82, 2.24) is 0 Å². The lowest BCUT2D eigenvalue weighted by atomic mass is 10.0. The number of alkyl halides is 3. The van der Waals surface area contributed by atoms with Crippen molar-refractivity contribution in [1.29, 1.82) is 0 Å². The highest BCUT2D eigenvalue weighted by molar-refractivity contribution is 6.35. The van der Waals surface area contributed by atoms with Gasteiger partial charge in [0.25, 0.3) is 5.91 Å². The largest absolute Gasteiger partial charge is 0.573 e. The van der Waals surface area contributed by atoms with Crippen LogP contribution in [0.4, 0.5) is 27.6 Å². The first-order chi connectivity index (χ1) is 11.2. The lowest BCUT2D eigenvalue weighted by Gasteiger charge is -2.09. The highest BCUT2D eigenvalue weighted by atomic mass is 19.4. The van der Waals surface area contributed by atoms with Crippen LogP contribution in [0.15, 0.2) is 36.4 Å². The van der Waals surface area contributed by atoms with Crippen molar-refractivity contribution in [2.75, 3.05) is 5.32 Å². The number of amides is 1. The summed E-state index contributed by atoms with van der Waals surface area (Å²) in [6, 6.07) is 6.87. The minimum atomic E-state index is -4.86. The molecule has 0 aromatic heterocycles. The molecule has 2 aromatic rings. The molecule has 1 aliphatic rings. The smallest absolute Gasteiger partial charge is 0.406 e. The summed E-state index contributed by atoms with van der Waals surface area (Å²) in [6.45, 7) is 0. The zero-order valence-electron chi connectivity index (χ0n) is 11.7. The van der Waals surface area contributed by atoms with Gasteiger partial charge in [-0.1, -0.05) is 12.1 Å². The standard InChI is InChI=1S/C16H8F5NO2/c17-11-4-5-12-13(14(11)18)10(15(23)22-12)7-8-2-1-3-9(6-8)24-16(19,20)21/h1-7H,(H,22,23). The van der Waals surface area contributed by atoms with Gasteiger partial charge in [0.2, 0.25) is 0 Å². The van der Waals surface area contributed by atoms with E-state index in [0.717, 1.165) is 24.3 Å². The van der Waals surface area contributed by atoms with Crippen molar-refractivity contribution in [2.45, 2.75) is 6.36 Å². The molecule has 24 heavy (non-hydrogen) atoms. The minimum Gasteiger partial charge on any atom is -0.406 e. The zero-order valence-corrected chi connectivity index (χ0v) is 11.7. The van der Waals surface area contributed by atoms with Gasteiger partial charge in [-0.25, -0.2) is 8.78 Å². The Bertz CT molecular complexity index is 858. The Morgan fingerprint density at radius 2 is 1.83 bits per heavy atom. The summed E-state index contributed by atoms with van der Waals surface area (Å²) in [4.78, 5) is 11.9. The molecule has 0 fully saturated rings. The van der Waals surface area contributed by atoms with Crippen molar-refractivity contribution >= 4 is 23.2 Å². The highest BCUT2D eigenvalue weighted by Crippen LogP contribution is 2.36. The first-order valence-electron chi connectivity index (χ1n) is 6.62. The number of halogens is 5. The van der Waals surface area contributed by atoms with Crippen LogP contribution in [0.5, 0.6) is 5.75 Å². The third-order valence-electron chi connectivity index (χ3n) is 3.26. The van der Waals surface area contributed by atoms with Gasteiger partial charge in [-0.3, -0.25) is 4.79 Å². The molecule has 0 saturated carbocycles. The van der Waals surface area contributed by atoms with Crippen LogP contribution in [0.1, 0.15) is 11.1 Å². The predicted octanol–water partition coefficient (Wildman–Crippen LogP) is 4.36. The lowest BCUT2D eigenvalue weighted by molar-refractivity contribution is -0.274. The van der Waals surface area contributed by atoms with E-state index in [-0.39, 0.29) is 22.4 Å². The van der Waals surface area contributed by atoms with E-state index >= 15 is 0 Å². The number of nitrogens with one attached hydrogen (secondary N) is 1. The maximum atomic E-state index is 13.9. The number of benzene rings is 2.